The Hall–Kier alpha value is -3.29. The van der Waals surface area contributed by atoms with Crippen LogP contribution in [0.15, 0.2) is 36.4 Å². The maximum absolute atomic E-state index is 10.8. The van der Waals surface area contributed by atoms with Gasteiger partial charge in [-0.1, -0.05) is 6.92 Å². The summed E-state index contributed by atoms with van der Waals surface area (Å²) in [6.45, 7) is 6.08. The third kappa shape index (κ3) is 4.66. The Morgan fingerprint density at radius 1 is 1.19 bits per heavy atom. The Morgan fingerprint density at radius 2 is 1.93 bits per heavy atom. The molecule has 8 heteroatoms. The first-order chi connectivity index (χ1) is 12.9. The molecule has 0 aliphatic heterocycles. The van der Waals surface area contributed by atoms with Gasteiger partial charge in [-0.3, -0.25) is 15.2 Å². The van der Waals surface area contributed by atoms with Crippen LogP contribution in [-0.4, -0.2) is 31.1 Å². The number of benzene rings is 1. The van der Waals surface area contributed by atoms with Gasteiger partial charge in [0.1, 0.15) is 5.82 Å². The van der Waals surface area contributed by atoms with Gasteiger partial charge < -0.3 is 5.32 Å². The van der Waals surface area contributed by atoms with Crippen LogP contribution < -0.4 is 5.32 Å². The number of H-pyrrole nitrogens is 1. The summed E-state index contributed by atoms with van der Waals surface area (Å²) in [6.07, 6.45) is 1.53. The van der Waals surface area contributed by atoms with Crippen LogP contribution in [0.3, 0.4) is 0 Å². The maximum atomic E-state index is 10.8. The lowest BCUT2D eigenvalue weighted by Crippen LogP contribution is -2.19. The van der Waals surface area contributed by atoms with Crippen molar-refractivity contribution in [1.82, 2.24) is 20.2 Å². The number of aromatic nitrogens is 4. The number of nitrogens with zero attached hydrogens (tertiary/aromatic N) is 4. The number of hydrogen-bond donors (Lipinski definition) is 2. The minimum atomic E-state index is -0.418. The summed E-state index contributed by atoms with van der Waals surface area (Å²) in [5.41, 5.74) is 3.73. The average Bonchev–Trinajstić information content (AvgIpc) is 3.05. The van der Waals surface area contributed by atoms with Crippen molar-refractivity contribution < 1.29 is 4.92 Å². The third-order valence-electron chi connectivity index (χ3n) is 4.15. The lowest BCUT2D eigenvalue weighted by atomic mass is 10.1. The minimum Gasteiger partial charge on any atom is -0.367 e. The zero-order valence-electron chi connectivity index (χ0n) is 15.6. The van der Waals surface area contributed by atoms with E-state index < -0.39 is 4.92 Å². The second-order valence-corrected chi connectivity index (χ2v) is 6.52. The Bertz CT molecular complexity index is 936. The molecule has 1 atom stereocenters. The van der Waals surface area contributed by atoms with Crippen molar-refractivity contribution in [3.05, 3.63) is 63.6 Å². The van der Waals surface area contributed by atoms with Gasteiger partial charge in [-0.25, -0.2) is 9.97 Å². The van der Waals surface area contributed by atoms with Crippen molar-refractivity contribution in [2.24, 2.45) is 0 Å². The van der Waals surface area contributed by atoms with Crippen molar-refractivity contribution in [2.75, 3.05) is 5.32 Å². The van der Waals surface area contributed by atoms with Gasteiger partial charge in [0.15, 0.2) is 5.82 Å². The lowest BCUT2D eigenvalue weighted by molar-refractivity contribution is -0.384. The molecule has 0 radical (unpaired) electrons. The first kappa shape index (κ1) is 18.5. The van der Waals surface area contributed by atoms with Crippen LogP contribution in [0.4, 0.5) is 11.5 Å². The SMILES string of the molecule is CCc1cc(NC(C)Cc2cc(C)[nH]n2)nc(-c2ccc([N+](=O)[O-])cc2)n1. The van der Waals surface area contributed by atoms with Crippen LogP contribution in [0, 0.1) is 17.0 Å². The summed E-state index contributed by atoms with van der Waals surface area (Å²) >= 11 is 0. The molecule has 0 spiro atoms. The normalized spacial score (nSPS) is 12.0. The zero-order valence-corrected chi connectivity index (χ0v) is 15.6. The fraction of sp³-hybridized carbons (Fsp3) is 0.316. The van der Waals surface area contributed by atoms with Crippen LogP contribution in [0.25, 0.3) is 11.4 Å². The number of non-ortho nitro benzene ring substituents is 1. The van der Waals surface area contributed by atoms with E-state index in [0.29, 0.717) is 5.82 Å². The van der Waals surface area contributed by atoms with Gasteiger partial charge in [0, 0.05) is 47.6 Å². The van der Waals surface area contributed by atoms with E-state index >= 15 is 0 Å². The Morgan fingerprint density at radius 3 is 2.52 bits per heavy atom. The molecule has 2 N–H and O–H groups in total. The number of nitro benzene ring substituents is 1. The molecule has 0 saturated carbocycles. The molecule has 2 heterocycles. The number of hydrogen-bond acceptors (Lipinski definition) is 6. The quantitative estimate of drug-likeness (QED) is 0.487. The summed E-state index contributed by atoms with van der Waals surface area (Å²) in [7, 11) is 0. The van der Waals surface area contributed by atoms with E-state index in [1.54, 1.807) is 12.1 Å². The highest BCUT2D eigenvalue weighted by Gasteiger charge is 2.12. The van der Waals surface area contributed by atoms with E-state index in [4.69, 9.17) is 0 Å². The maximum Gasteiger partial charge on any atom is 0.269 e. The van der Waals surface area contributed by atoms with Crippen molar-refractivity contribution in [3.63, 3.8) is 0 Å². The molecule has 0 amide bonds. The van der Waals surface area contributed by atoms with E-state index in [1.165, 1.54) is 12.1 Å². The van der Waals surface area contributed by atoms with Gasteiger partial charge in [0.2, 0.25) is 0 Å². The first-order valence-corrected chi connectivity index (χ1v) is 8.84. The van der Waals surface area contributed by atoms with Gasteiger partial charge >= 0.3 is 0 Å². The monoisotopic (exact) mass is 366 g/mol. The van der Waals surface area contributed by atoms with Crippen LogP contribution in [0.1, 0.15) is 30.9 Å². The molecule has 0 bridgehead atoms. The number of aromatic amines is 1. The van der Waals surface area contributed by atoms with Gasteiger partial charge in [-0.15, -0.1) is 0 Å². The molecule has 0 aliphatic carbocycles. The van der Waals surface area contributed by atoms with Crippen molar-refractivity contribution in [2.45, 2.75) is 39.7 Å². The van der Waals surface area contributed by atoms with E-state index in [1.807, 2.05) is 26.0 Å². The van der Waals surface area contributed by atoms with E-state index in [0.717, 1.165) is 41.3 Å². The standard InChI is InChI=1S/C19H22N6O2/c1-4-15-11-18(20-12(2)9-16-10-13(3)23-24-16)22-19(21-15)14-5-7-17(8-6-14)25(26)27/h5-8,10-12H,4,9H2,1-3H3,(H,23,24)(H,20,21,22). The number of nitrogens with one attached hydrogen (secondary N) is 2. The summed E-state index contributed by atoms with van der Waals surface area (Å²) in [4.78, 5) is 19.6. The fourth-order valence-electron chi connectivity index (χ4n) is 2.81. The van der Waals surface area contributed by atoms with Crippen LogP contribution in [-0.2, 0) is 12.8 Å². The number of rotatable bonds is 7. The molecule has 1 aromatic carbocycles. The van der Waals surface area contributed by atoms with Gasteiger partial charge in [0.25, 0.3) is 5.69 Å². The molecule has 3 aromatic rings. The number of anilines is 1. The van der Waals surface area contributed by atoms with Crippen LogP contribution in [0.5, 0.6) is 0 Å². The largest absolute Gasteiger partial charge is 0.367 e. The summed E-state index contributed by atoms with van der Waals surface area (Å²) in [6, 6.07) is 10.4. The number of aryl methyl sites for hydroxylation is 2. The van der Waals surface area contributed by atoms with Crippen molar-refractivity contribution in [1.29, 1.82) is 0 Å². The topological polar surface area (TPSA) is 110 Å². The second kappa shape index (κ2) is 7.94. The highest BCUT2D eigenvalue weighted by atomic mass is 16.6. The van der Waals surface area contributed by atoms with E-state index in [-0.39, 0.29) is 11.7 Å². The Labute approximate surface area is 157 Å². The summed E-state index contributed by atoms with van der Waals surface area (Å²) < 4.78 is 0. The number of nitro groups is 1. The van der Waals surface area contributed by atoms with Gasteiger partial charge in [0.05, 0.1) is 10.6 Å². The molecule has 0 fully saturated rings. The smallest absolute Gasteiger partial charge is 0.269 e. The molecule has 0 saturated heterocycles. The van der Waals surface area contributed by atoms with E-state index in [9.17, 15) is 10.1 Å². The molecule has 8 nitrogen and oxygen atoms in total. The van der Waals surface area contributed by atoms with Crippen molar-refractivity contribution in [3.8, 4) is 11.4 Å². The average molecular weight is 366 g/mol. The molecule has 140 valence electrons. The minimum absolute atomic E-state index is 0.0478. The highest BCUT2D eigenvalue weighted by molar-refractivity contribution is 5.59. The van der Waals surface area contributed by atoms with Crippen LogP contribution in [0.2, 0.25) is 0 Å². The molecular weight excluding hydrogens is 344 g/mol. The molecule has 2 aromatic heterocycles. The van der Waals surface area contributed by atoms with Gasteiger partial charge in [-0.2, -0.15) is 5.10 Å². The Kier molecular flexibility index (Phi) is 5.44. The molecule has 3 rings (SSSR count). The predicted molar refractivity (Wildman–Crippen MR) is 104 cm³/mol. The fourth-order valence-corrected chi connectivity index (χ4v) is 2.81. The van der Waals surface area contributed by atoms with Crippen LogP contribution >= 0.6 is 0 Å². The third-order valence-corrected chi connectivity index (χ3v) is 4.15. The predicted octanol–water partition coefficient (Wildman–Crippen LogP) is 3.69. The second-order valence-electron chi connectivity index (χ2n) is 6.52. The van der Waals surface area contributed by atoms with Crippen molar-refractivity contribution >= 4 is 11.5 Å². The van der Waals surface area contributed by atoms with Gasteiger partial charge in [-0.05, 0) is 38.5 Å². The Balaban J connectivity index is 1.81. The summed E-state index contributed by atoms with van der Waals surface area (Å²) in [5.74, 6) is 1.28. The molecular formula is C19H22N6O2. The molecule has 0 aliphatic rings. The van der Waals surface area contributed by atoms with E-state index in [2.05, 4.69) is 32.4 Å². The summed E-state index contributed by atoms with van der Waals surface area (Å²) in [5, 5.41) is 21.4. The lowest BCUT2D eigenvalue weighted by Gasteiger charge is -2.15. The first-order valence-electron chi connectivity index (χ1n) is 8.84. The zero-order chi connectivity index (χ0) is 19.4. The molecule has 1 unspecified atom stereocenters. The molecule has 27 heavy (non-hydrogen) atoms. The highest BCUT2D eigenvalue weighted by Crippen LogP contribution is 2.22.